The van der Waals surface area contributed by atoms with Crippen LogP contribution >= 0.6 is 0 Å². The highest BCUT2D eigenvalue weighted by Crippen LogP contribution is 2.37. The highest BCUT2D eigenvalue weighted by molar-refractivity contribution is 5.78. The monoisotopic (exact) mass is 335 g/mol. The Morgan fingerprint density at radius 3 is 2.79 bits per heavy atom. The number of hydrogen-bond donors (Lipinski definition) is 2. The zero-order valence-corrected chi connectivity index (χ0v) is 14.7. The van der Waals surface area contributed by atoms with Crippen molar-refractivity contribution in [2.75, 3.05) is 26.2 Å². The van der Waals surface area contributed by atoms with Crippen molar-refractivity contribution >= 4 is 5.91 Å². The van der Waals surface area contributed by atoms with E-state index in [0.717, 1.165) is 31.3 Å². The molecule has 0 unspecified atom stereocenters. The summed E-state index contributed by atoms with van der Waals surface area (Å²) in [7, 11) is 1.93. The second kappa shape index (κ2) is 7.61. The molecule has 3 atom stereocenters. The van der Waals surface area contributed by atoms with Crippen molar-refractivity contribution in [3.8, 4) is 0 Å². The minimum absolute atomic E-state index is 0.0684. The fourth-order valence-corrected chi connectivity index (χ4v) is 3.92. The summed E-state index contributed by atoms with van der Waals surface area (Å²) in [5.41, 5.74) is 0. The number of carbonyl (C=O) groups is 1. The number of aliphatic hydroxyl groups is 1. The minimum atomic E-state index is -0.386. The second-order valence-corrected chi connectivity index (χ2v) is 7.56. The number of nitrogens with zero attached hydrogens (tertiary/aromatic N) is 4. The molecule has 0 bridgehead atoms. The minimum Gasteiger partial charge on any atom is -0.393 e. The van der Waals surface area contributed by atoms with Crippen LogP contribution in [0.5, 0.6) is 0 Å². The lowest BCUT2D eigenvalue weighted by Crippen LogP contribution is -2.42. The van der Waals surface area contributed by atoms with Crippen molar-refractivity contribution in [3.63, 3.8) is 0 Å². The summed E-state index contributed by atoms with van der Waals surface area (Å²) < 4.78 is 1.91. The van der Waals surface area contributed by atoms with Gasteiger partial charge in [-0.15, -0.1) is 10.2 Å². The number of carbonyl (C=O) groups excluding carboxylic acids is 1. The SMILES string of the molecule is CC1CCN(CC(=O)NC[C@H]2C[C@H](c3nncn3C)C[C@H]2O)CC1. The van der Waals surface area contributed by atoms with E-state index in [1.807, 2.05) is 11.6 Å². The second-order valence-electron chi connectivity index (χ2n) is 7.56. The first-order chi connectivity index (χ1) is 11.5. The predicted molar refractivity (Wildman–Crippen MR) is 90.3 cm³/mol. The van der Waals surface area contributed by atoms with Crippen LogP contribution in [0.1, 0.15) is 44.3 Å². The molecule has 1 aliphatic carbocycles. The van der Waals surface area contributed by atoms with Crippen LogP contribution in [-0.2, 0) is 11.8 Å². The molecule has 0 aromatic carbocycles. The van der Waals surface area contributed by atoms with Gasteiger partial charge in [-0.3, -0.25) is 9.69 Å². The molecule has 0 spiro atoms. The number of likely N-dealkylation sites (tertiary alicyclic amines) is 1. The number of amides is 1. The molecule has 3 rings (SSSR count). The van der Waals surface area contributed by atoms with E-state index in [4.69, 9.17) is 0 Å². The van der Waals surface area contributed by atoms with Crippen LogP contribution in [0, 0.1) is 11.8 Å². The summed E-state index contributed by atoms with van der Waals surface area (Å²) in [5.74, 6) is 2.08. The quantitative estimate of drug-likeness (QED) is 0.819. The number of nitrogens with one attached hydrogen (secondary N) is 1. The topological polar surface area (TPSA) is 83.3 Å². The number of aromatic nitrogens is 3. The van der Waals surface area contributed by atoms with Gasteiger partial charge in [0.15, 0.2) is 0 Å². The lowest BCUT2D eigenvalue weighted by molar-refractivity contribution is -0.122. The van der Waals surface area contributed by atoms with Crippen LogP contribution in [0.25, 0.3) is 0 Å². The number of aryl methyl sites for hydroxylation is 1. The maximum absolute atomic E-state index is 12.2. The van der Waals surface area contributed by atoms with E-state index in [-0.39, 0.29) is 23.8 Å². The van der Waals surface area contributed by atoms with Gasteiger partial charge in [-0.2, -0.15) is 0 Å². The largest absolute Gasteiger partial charge is 0.393 e. The summed E-state index contributed by atoms with van der Waals surface area (Å²) in [6.07, 6.45) is 5.19. The summed E-state index contributed by atoms with van der Waals surface area (Å²) in [5, 5.41) is 21.4. The smallest absolute Gasteiger partial charge is 0.234 e. The Bertz CT molecular complexity index is 553. The number of piperidine rings is 1. The Morgan fingerprint density at radius 1 is 1.38 bits per heavy atom. The molecule has 7 heteroatoms. The summed E-state index contributed by atoms with van der Waals surface area (Å²) in [6.45, 7) is 5.30. The summed E-state index contributed by atoms with van der Waals surface area (Å²) >= 11 is 0. The van der Waals surface area contributed by atoms with E-state index in [2.05, 4.69) is 27.3 Å². The maximum Gasteiger partial charge on any atom is 0.234 e. The lowest BCUT2D eigenvalue weighted by atomic mass is 9.99. The van der Waals surface area contributed by atoms with E-state index in [0.29, 0.717) is 19.5 Å². The highest BCUT2D eigenvalue weighted by Gasteiger charge is 2.36. The maximum atomic E-state index is 12.2. The zero-order chi connectivity index (χ0) is 17.1. The highest BCUT2D eigenvalue weighted by atomic mass is 16.3. The molecule has 7 nitrogen and oxygen atoms in total. The molecule has 2 aliphatic rings. The zero-order valence-electron chi connectivity index (χ0n) is 14.7. The molecule has 0 radical (unpaired) electrons. The molecule has 2 heterocycles. The van der Waals surface area contributed by atoms with Gasteiger partial charge < -0.3 is 15.0 Å². The molecular formula is C17H29N5O2. The first-order valence-electron chi connectivity index (χ1n) is 9.04. The Kier molecular flexibility index (Phi) is 5.50. The predicted octanol–water partition coefficient (Wildman–Crippen LogP) is 0.518. The van der Waals surface area contributed by atoms with Crippen LogP contribution in [0.4, 0.5) is 0 Å². The molecule has 134 valence electrons. The fraction of sp³-hybridized carbons (Fsp3) is 0.824. The molecule has 2 N–H and O–H groups in total. The van der Waals surface area contributed by atoms with Gasteiger partial charge in [0, 0.05) is 25.4 Å². The average Bonchev–Trinajstić information content (AvgIpc) is 3.13. The van der Waals surface area contributed by atoms with Gasteiger partial charge >= 0.3 is 0 Å². The molecule has 1 saturated carbocycles. The van der Waals surface area contributed by atoms with Crippen LogP contribution in [-0.4, -0.2) is 63.0 Å². The third-order valence-electron chi connectivity index (χ3n) is 5.57. The van der Waals surface area contributed by atoms with Gasteiger partial charge in [-0.05, 0) is 44.7 Å². The van der Waals surface area contributed by atoms with Crippen molar-refractivity contribution in [3.05, 3.63) is 12.2 Å². The van der Waals surface area contributed by atoms with Crippen LogP contribution < -0.4 is 5.32 Å². The molecule has 2 fully saturated rings. The standard InChI is InChI=1S/C17H29N5O2/c1-12-3-5-22(6-4-12)10-16(24)18-9-14-7-13(8-15(14)23)17-20-19-11-21(17)2/h11-15,23H,3-10H2,1-2H3,(H,18,24)/t13-,14+,15+/m0/s1. The van der Waals surface area contributed by atoms with E-state index >= 15 is 0 Å². The van der Waals surface area contributed by atoms with Gasteiger partial charge in [0.1, 0.15) is 12.2 Å². The van der Waals surface area contributed by atoms with Crippen LogP contribution in [0.15, 0.2) is 6.33 Å². The molecule has 1 saturated heterocycles. The van der Waals surface area contributed by atoms with Gasteiger partial charge in [0.25, 0.3) is 0 Å². The van der Waals surface area contributed by atoms with Crippen molar-refractivity contribution in [1.29, 1.82) is 0 Å². The van der Waals surface area contributed by atoms with Gasteiger partial charge in [-0.1, -0.05) is 6.92 Å². The molecule has 1 aromatic rings. The lowest BCUT2D eigenvalue weighted by Gasteiger charge is -2.29. The Balaban J connectivity index is 1.43. The Labute approximate surface area is 143 Å². The van der Waals surface area contributed by atoms with E-state index in [1.54, 1.807) is 6.33 Å². The summed E-state index contributed by atoms with van der Waals surface area (Å²) in [4.78, 5) is 14.4. The molecular weight excluding hydrogens is 306 g/mol. The summed E-state index contributed by atoms with van der Waals surface area (Å²) in [6, 6.07) is 0. The fourth-order valence-electron chi connectivity index (χ4n) is 3.92. The van der Waals surface area contributed by atoms with Gasteiger partial charge in [-0.25, -0.2) is 0 Å². The van der Waals surface area contributed by atoms with Gasteiger partial charge in [0.2, 0.25) is 5.91 Å². The molecule has 1 aromatic heterocycles. The third-order valence-corrected chi connectivity index (χ3v) is 5.57. The first kappa shape index (κ1) is 17.4. The normalized spacial score (nSPS) is 29.0. The molecule has 24 heavy (non-hydrogen) atoms. The van der Waals surface area contributed by atoms with Crippen molar-refractivity contribution in [2.45, 2.75) is 44.6 Å². The van der Waals surface area contributed by atoms with E-state index in [1.165, 1.54) is 12.8 Å². The number of rotatable bonds is 5. The first-order valence-corrected chi connectivity index (χ1v) is 9.04. The Hall–Kier alpha value is -1.47. The Morgan fingerprint density at radius 2 is 2.12 bits per heavy atom. The van der Waals surface area contributed by atoms with Crippen molar-refractivity contribution in [2.24, 2.45) is 18.9 Å². The number of aliphatic hydroxyl groups excluding tert-OH is 1. The average molecular weight is 335 g/mol. The van der Waals surface area contributed by atoms with Crippen LogP contribution in [0.3, 0.4) is 0 Å². The van der Waals surface area contributed by atoms with Crippen LogP contribution in [0.2, 0.25) is 0 Å². The number of hydrogen-bond acceptors (Lipinski definition) is 5. The third kappa shape index (κ3) is 4.13. The van der Waals surface area contributed by atoms with Crippen molar-refractivity contribution in [1.82, 2.24) is 25.0 Å². The molecule has 1 amide bonds. The van der Waals surface area contributed by atoms with Gasteiger partial charge in [0.05, 0.1) is 12.6 Å². The van der Waals surface area contributed by atoms with E-state index in [9.17, 15) is 9.90 Å². The van der Waals surface area contributed by atoms with E-state index < -0.39 is 0 Å². The molecule has 1 aliphatic heterocycles. The van der Waals surface area contributed by atoms with Crippen molar-refractivity contribution < 1.29 is 9.90 Å².